The van der Waals surface area contributed by atoms with Crippen LogP contribution in [0.4, 0.5) is 0 Å². The Hall–Kier alpha value is -0.570. The van der Waals surface area contributed by atoms with Gasteiger partial charge in [0.2, 0.25) is 5.91 Å². The maximum Gasteiger partial charge on any atom is 0.220 e. The van der Waals surface area contributed by atoms with E-state index in [-0.39, 0.29) is 0 Å². The summed E-state index contributed by atoms with van der Waals surface area (Å²) in [6.07, 6.45) is 12.4. The minimum atomic E-state index is 0.310. The van der Waals surface area contributed by atoms with Crippen LogP contribution in [0, 0.1) is 17.8 Å². The van der Waals surface area contributed by atoms with Crippen molar-refractivity contribution in [3.05, 3.63) is 0 Å². The van der Waals surface area contributed by atoms with Crippen molar-refractivity contribution >= 4 is 5.91 Å². The van der Waals surface area contributed by atoms with Crippen molar-refractivity contribution in [2.24, 2.45) is 17.8 Å². The maximum atomic E-state index is 12.1. The molecule has 2 N–H and O–H groups in total. The van der Waals surface area contributed by atoms with Gasteiger partial charge in [-0.2, -0.15) is 0 Å². The monoisotopic (exact) mass is 278 g/mol. The van der Waals surface area contributed by atoms with Crippen LogP contribution in [0.25, 0.3) is 0 Å². The average molecular weight is 278 g/mol. The number of piperidine rings is 1. The third-order valence-electron chi connectivity index (χ3n) is 5.89. The van der Waals surface area contributed by atoms with Crippen LogP contribution < -0.4 is 10.6 Å². The summed E-state index contributed by atoms with van der Waals surface area (Å²) in [5.74, 6) is 2.98. The molecule has 2 aliphatic carbocycles. The van der Waals surface area contributed by atoms with Crippen molar-refractivity contribution < 1.29 is 4.79 Å². The van der Waals surface area contributed by atoms with Gasteiger partial charge in [0.05, 0.1) is 0 Å². The third-order valence-corrected chi connectivity index (χ3v) is 5.89. The first kappa shape index (κ1) is 14.4. The van der Waals surface area contributed by atoms with E-state index in [4.69, 9.17) is 0 Å². The Morgan fingerprint density at radius 1 is 1.00 bits per heavy atom. The number of hydrogen-bond donors (Lipinski definition) is 2. The largest absolute Gasteiger partial charge is 0.353 e. The summed E-state index contributed by atoms with van der Waals surface area (Å²) in [7, 11) is 0. The van der Waals surface area contributed by atoms with Gasteiger partial charge in [0, 0.05) is 12.5 Å². The molecule has 0 spiro atoms. The average Bonchev–Trinajstić information content (AvgIpc) is 2.94. The summed E-state index contributed by atoms with van der Waals surface area (Å²) in [5, 5.41) is 6.71. The lowest BCUT2D eigenvalue weighted by Crippen LogP contribution is -2.40. The topological polar surface area (TPSA) is 41.1 Å². The highest BCUT2D eigenvalue weighted by atomic mass is 16.1. The lowest BCUT2D eigenvalue weighted by atomic mass is 9.79. The molecule has 3 aliphatic rings. The number of rotatable bonds is 4. The van der Waals surface area contributed by atoms with Crippen LogP contribution in [0.2, 0.25) is 0 Å². The summed E-state index contributed by atoms with van der Waals surface area (Å²) in [5.41, 5.74) is 0. The minimum Gasteiger partial charge on any atom is -0.353 e. The number of hydrogen-bond acceptors (Lipinski definition) is 2. The van der Waals surface area contributed by atoms with Crippen molar-refractivity contribution in [2.45, 2.75) is 70.3 Å². The Bertz CT molecular complexity index is 325. The molecule has 3 rings (SSSR count). The van der Waals surface area contributed by atoms with E-state index in [1.54, 1.807) is 0 Å². The van der Waals surface area contributed by atoms with Crippen LogP contribution in [0.3, 0.4) is 0 Å². The molecule has 3 heteroatoms. The van der Waals surface area contributed by atoms with Crippen LogP contribution in [0.15, 0.2) is 0 Å². The van der Waals surface area contributed by atoms with Gasteiger partial charge in [-0.1, -0.05) is 19.3 Å². The third kappa shape index (κ3) is 3.75. The van der Waals surface area contributed by atoms with E-state index in [1.165, 1.54) is 51.4 Å². The first-order valence-electron chi connectivity index (χ1n) is 8.81. The van der Waals surface area contributed by atoms with Crippen LogP contribution in [0.5, 0.6) is 0 Å². The second-order valence-corrected chi connectivity index (χ2v) is 7.26. The van der Waals surface area contributed by atoms with Gasteiger partial charge in [-0.25, -0.2) is 0 Å². The number of nitrogens with one attached hydrogen (secondary N) is 2. The Labute approximate surface area is 123 Å². The molecule has 0 bridgehead atoms. The molecule has 114 valence electrons. The van der Waals surface area contributed by atoms with E-state index in [1.807, 2.05) is 0 Å². The first-order valence-corrected chi connectivity index (χ1v) is 8.81. The number of amides is 1. The van der Waals surface area contributed by atoms with Gasteiger partial charge in [0.15, 0.2) is 0 Å². The maximum absolute atomic E-state index is 12.1. The summed E-state index contributed by atoms with van der Waals surface area (Å²) in [6.45, 7) is 2.27. The van der Waals surface area contributed by atoms with E-state index in [9.17, 15) is 4.79 Å². The number of carbonyl (C=O) groups is 1. The minimum absolute atomic E-state index is 0.310. The molecule has 1 heterocycles. The number of carbonyl (C=O) groups excluding carboxylic acids is 1. The standard InChI is InChI=1S/C17H30N2O/c20-17(7-4-13-8-10-18-11-9-13)19-16-6-5-14-2-1-3-15(14)12-16/h13-16,18H,1-12H2,(H,19,20). The molecule has 1 aliphatic heterocycles. The second-order valence-electron chi connectivity index (χ2n) is 7.26. The Balaban J connectivity index is 1.36. The predicted octanol–water partition coefficient (Wildman–Crippen LogP) is 2.85. The highest BCUT2D eigenvalue weighted by Crippen LogP contribution is 2.42. The highest BCUT2D eigenvalue weighted by molar-refractivity contribution is 5.76. The highest BCUT2D eigenvalue weighted by Gasteiger charge is 2.34. The zero-order valence-electron chi connectivity index (χ0n) is 12.7. The van der Waals surface area contributed by atoms with Gasteiger partial charge in [0.1, 0.15) is 0 Å². The van der Waals surface area contributed by atoms with E-state index < -0.39 is 0 Å². The first-order chi connectivity index (χ1) is 9.81. The molecule has 3 fully saturated rings. The molecular formula is C17H30N2O. The molecule has 0 aromatic rings. The fourth-order valence-corrected chi connectivity index (χ4v) is 4.64. The molecule has 0 aromatic heterocycles. The molecule has 1 saturated heterocycles. The van der Waals surface area contributed by atoms with Gasteiger partial charge in [-0.15, -0.1) is 0 Å². The molecule has 2 saturated carbocycles. The zero-order chi connectivity index (χ0) is 13.8. The van der Waals surface area contributed by atoms with Gasteiger partial charge in [-0.3, -0.25) is 4.79 Å². The van der Waals surface area contributed by atoms with Crippen LogP contribution in [0.1, 0.15) is 64.2 Å². The fraction of sp³-hybridized carbons (Fsp3) is 0.941. The molecule has 1 amide bonds. The van der Waals surface area contributed by atoms with Crippen molar-refractivity contribution in [2.75, 3.05) is 13.1 Å². The molecule has 20 heavy (non-hydrogen) atoms. The summed E-state index contributed by atoms with van der Waals surface area (Å²) >= 11 is 0. The fourth-order valence-electron chi connectivity index (χ4n) is 4.64. The predicted molar refractivity (Wildman–Crippen MR) is 81.4 cm³/mol. The summed E-state index contributed by atoms with van der Waals surface area (Å²) in [6, 6.07) is 0.481. The van der Waals surface area contributed by atoms with Crippen LogP contribution in [-0.2, 0) is 4.79 Å². The molecule has 0 aromatic carbocycles. The molecule has 3 unspecified atom stereocenters. The lowest BCUT2D eigenvalue weighted by Gasteiger charge is -2.32. The van der Waals surface area contributed by atoms with Crippen molar-refractivity contribution in [3.63, 3.8) is 0 Å². The van der Waals surface area contributed by atoms with Gasteiger partial charge in [0.25, 0.3) is 0 Å². The van der Waals surface area contributed by atoms with Crippen LogP contribution >= 0.6 is 0 Å². The molecule has 0 radical (unpaired) electrons. The van der Waals surface area contributed by atoms with Crippen LogP contribution in [-0.4, -0.2) is 25.0 Å². The summed E-state index contributed by atoms with van der Waals surface area (Å²) in [4.78, 5) is 12.1. The quantitative estimate of drug-likeness (QED) is 0.830. The molecular weight excluding hydrogens is 248 g/mol. The Morgan fingerprint density at radius 3 is 2.65 bits per heavy atom. The SMILES string of the molecule is O=C(CCC1CCNCC1)NC1CCC2CCCC2C1. The number of fused-ring (bicyclic) bond motifs is 1. The second kappa shape index (κ2) is 6.93. The van der Waals surface area contributed by atoms with Crippen molar-refractivity contribution in [1.29, 1.82) is 0 Å². The van der Waals surface area contributed by atoms with Gasteiger partial charge in [-0.05, 0) is 69.4 Å². The summed E-state index contributed by atoms with van der Waals surface area (Å²) < 4.78 is 0. The van der Waals surface area contributed by atoms with E-state index in [0.717, 1.165) is 43.7 Å². The van der Waals surface area contributed by atoms with E-state index >= 15 is 0 Å². The van der Waals surface area contributed by atoms with Gasteiger partial charge < -0.3 is 10.6 Å². The zero-order valence-corrected chi connectivity index (χ0v) is 12.7. The van der Waals surface area contributed by atoms with Gasteiger partial charge >= 0.3 is 0 Å². The smallest absolute Gasteiger partial charge is 0.220 e. The Morgan fingerprint density at radius 2 is 1.80 bits per heavy atom. The van der Waals surface area contributed by atoms with Crippen molar-refractivity contribution in [1.82, 2.24) is 10.6 Å². The normalized spacial score (nSPS) is 34.7. The van der Waals surface area contributed by atoms with E-state index in [0.29, 0.717) is 11.9 Å². The molecule has 3 nitrogen and oxygen atoms in total. The van der Waals surface area contributed by atoms with E-state index in [2.05, 4.69) is 10.6 Å². The van der Waals surface area contributed by atoms with Crippen molar-refractivity contribution in [3.8, 4) is 0 Å². The molecule has 3 atom stereocenters. The Kier molecular flexibility index (Phi) is 4.98. The lowest BCUT2D eigenvalue weighted by molar-refractivity contribution is -0.122.